The minimum absolute atomic E-state index is 0.160. The Bertz CT molecular complexity index is 1220. The van der Waals surface area contributed by atoms with Gasteiger partial charge in [-0.2, -0.15) is 0 Å². The summed E-state index contributed by atoms with van der Waals surface area (Å²) in [7, 11) is 0. The first-order valence-corrected chi connectivity index (χ1v) is 9.81. The van der Waals surface area contributed by atoms with Gasteiger partial charge in [0.15, 0.2) is 23.0 Å². The molecule has 1 aromatic carbocycles. The molecule has 4 rings (SSSR count). The molecule has 0 saturated carbocycles. The Balaban J connectivity index is 1.65. The van der Waals surface area contributed by atoms with Crippen molar-refractivity contribution in [1.29, 1.82) is 0 Å². The lowest BCUT2D eigenvalue weighted by Crippen LogP contribution is -2.00. The van der Waals surface area contributed by atoms with Gasteiger partial charge in [0, 0.05) is 24.1 Å². The van der Waals surface area contributed by atoms with Crippen molar-refractivity contribution in [1.82, 2.24) is 19.6 Å². The number of fused-ring (bicyclic) bond motifs is 1. The van der Waals surface area contributed by atoms with Crippen LogP contribution in [0.25, 0.3) is 16.8 Å². The molecule has 0 fully saturated rings. The van der Waals surface area contributed by atoms with Crippen LogP contribution in [0.4, 0.5) is 4.39 Å². The van der Waals surface area contributed by atoms with Crippen molar-refractivity contribution in [2.24, 2.45) is 0 Å². The third-order valence-corrected chi connectivity index (χ3v) is 4.97. The van der Waals surface area contributed by atoms with Gasteiger partial charge in [0.25, 0.3) is 0 Å². The van der Waals surface area contributed by atoms with Crippen LogP contribution in [-0.4, -0.2) is 26.2 Å². The van der Waals surface area contributed by atoms with Gasteiger partial charge in [-0.1, -0.05) is 6.07 Å². The van der Waals surface area contributed by atoms with Crippen LogP contribution in [0.15, 0.2) is 42.6 Å². The lowest BCUT2D eigenvalue weighted by Gasteiger charge is -2.12. The molecule has 3 aromatic heterocycles. The number of halogens is 1. The first-order valence-electron chi connectivity index (χ1n) is 9.81. The van der Waals surface area contributed by atoms with Crippen LogP contribution in [0.5, 0.6) is 11.5 Å². The van der Waals surface area contributed by atoms with Crippen LogP contribution >= 0.6 is 0 Å². The molecular weight excluding hydrogens is 383 g/mol. The Kier molecular flexibility index (Phi) is 5.46. The van der Waals surface area contributed by atoms with Crippen molar-refractivity contribution >= 4 is 5.65 Å². The van der Waals surface area contributed by atoms with E-state index >= 15 is 0 Å². The summed E-state index contributed by atoms with van der Waals surface area (Å²) in [5.41, 5.74) is 4.88. The summed E-state index contributed by atoms with van der Waals surface area (Å²) in [6.07, 6.45) is 1.88. The molecule has 7 heteroatoms. The zero-order chi connectivity index (χ0) is 21.3. The Morgan fingerprint density at radius 2 is 1.80 bits per heavy atom. The van der Waals surface area contributed by atoms with Crippen molar-refractivity contribution in [2.75, 3.05) is 6.61 Å². The number of aryl methyl sites for hydroxylation is 3. The third kappa shape index (κ3) is 3.76. The Morgan fingerprint density at radius 3 is 2.53 bits per heavy atom. The van der Waals surface area contributed by atoms with Gasteiger partial charge in [-0.15, -0.1) is 10.2 Å². The average Bonchev–Trinajstić information content (AvgIpc) is 3.14. The molecular formula is C23H23FN4O2. The van der Waals surface area contributed by atoms with E-state index in [1.165, 1.54) is 6.07 Å². The number of rotatable bonds is 6. The Hall–Kier alpha value is -3.32. The first kappa shape index (κ1) is 20.0. The second kappa shape index (κ2) is 8.20. The van der Waals surface area contributed by atoms with Gasteiger partial charge < -0.3 is 9.47 Å². The van der Waals surface area contributed by atoms with Crippen molar-refractivity contribution in [3.8, 4) is 22.6 Å². The number of aromatic nitrogens is 4. The standard InChI is InChI=1S/C23H23FN4O2/c1-5-29-13-22-26-27-23-15(3)18(10-11-28(22)23)17-7-9-21(19(24)12-17)30-20-8-6-14(2)25-16(20)4/h6-12H,5,13H2,1-4H3. The van der Waals surface area contributed by atoms with Crippen LogP contribution in [0.3, 0.4) is 0 Å². The predicted octanol–water partition coefficient (Wildman–Crippen LogP) is 5.18. The zero-order valence-corrected chi connectivity index (χ0v) is 17.4. The van der Waals surface area contributed by atoms with Gasteiger partial charge in [0.1, 0.15) is 12.4 Å². The van der Waals surface area contributed by atoms with Crippen molar-refractivity contribution in [3.05, 3.63) is 71.2 Å². The van der Waals surface area contributed by atoms with E-state index in [0.717, 1.165) is 39.5 Å². The fourth-order valence-electron chi connectivity index (χ4n) is 3.39. The van der Waals surface area contributed by atoms with Crippen LogP contribution in [0.2, 0.25) is 0 Å². The van der Waals surface area contributed by atoms with Gasteiger partial charge >= 0.3 is 0 Å². The van der Waals surface area contributed by atoms with E-state index in [2.05, 4.69) is 15.2 Å². The zero-order valence-electron chi connectivity index (χ0n) is 17.4. The minimum atomic E-state index is -0.440. The molecule has 0 amide bonds. The topological polar surface area (TPSA) is 61.5 Å². The smallest absolute Gasteiger partial charge is 0.166 e. The number of ether oxygens (including phenoxy) is 2. The number of benzene rings is 1. The van der Waals surface area contributed by atoms with E-state index in [1.54, 1.807) is 12.1 Å². The average molecular weight is 406 g/mol. The van der Waals surface area contributed by atoms with E-state index in [4.69, 9.17) is 9.47 Å². The highest BCUT2D eigenvalue weighted by Crippen LogP contribution is 2.32. The second-order valence-electron chi connectivity index (χ2n) is 7.08. The summed E-state index contributed by atoms with van der Waals surface area (Å²) in [5, 5.41) is 8.49. The molecule has 6 nitrogen and oxygen atoms in total. The van der Waals surface area contributed by atoms with Gasteiger partial charge in [0.2, 0.25) is 0 Å². The predicted molar refractivity (Wildman–Crippen MR) is 112 cm³/mol. The van der Waals surface area contributed by atoms with Crippen LogP contribution < -0.4 is 4.74 Å². The molecule has 0 radical (unpaired) electrons. The summed E-state index contributed by atoms with van der Waals surface area (Å²) < 4.78 is 27.9. The molecule has 0 bridgehead atoms. The van der Waals surface area contributed by atoms with E-state index in [0.29, 0.717) is 19.0 Å². The summed E-state index contributed by atoms with van der Waals surface area (Å²) in [6.45, 7) is 8.63. The SMILES string of the molecule is CCOCc1nnc2c(C)c(-c3ccc(Oc4ccc(C)nc4C)c(F)c3)ccn12. The van der Waals surface area contributed by atoms with E-state index in [1.807, 2.05) is 56.5 Å². The Morgan fingerprint density at radius 1 is 1.00 bits per heavy atom. The molecule has 0 atom stereocenters. The highest BCUT2D eigenvalue weighted by atomic mass is 19.1. The van der Waals surface area contributed by atoms with E-state index in [-0.39, 0.29) is 5.75 Å². The molecule has 3 heterocycles. The quantitative estimate of drug-likeness (QED) is 0.441. The molecule has 0 spiro atoms. The molecule has 0 N–H and O–H groups in total. The molecule has 0 aliphatic carbocycles. The van der Waals surface area contributed by atoms with Crippen molar-refractivity contribution in [3.63, 3.8) is 0 Å². The van der Waals surface area contributed by atoms with Crippen LogP contribution in [0, 0.1) is 26.6 Å². The third-order valence-electron chi connectivity index (χ3n) is 4.97. The van der Waals surface area contributed by atoms with Gasteiger partial charge in [-0.25, -0.2) is 4.39 Å². The number of hydrogen-bond acceptors (Lipinski definition) is 5. The summed E-state index contributed by atoms with van der Waals surface area (Å²) in [6, 6.07) is 10.5. The molecule has 30 heavy (non-hydrogen) atoms. The number of nitrogens with zero attached hydrogens (tertiary/aromatic N) is 4. The van der Waals surface area contributed by atoms with E-state index < -0.39 is 5.82 Å². The van der Waals surface area contributed by atoms with Gasteiger partial charge in [0.05, 0.1) is 5.69 Å². The van der Waals surface area contributed by atoms with Crippen molar-refractivity contribution in [2.45, 2.75) is 34.3 Å². The molecule has 0 aliphatic heterocycles. The maximum absolute atomic E-state index is 14.8. The van der Waals surface area contributed by atoms with Crippen molar-refractivity contribution < 1.29 is 13.9 Å². The van der Waals surface area contributed by atoms with Gasteiger partial charge in [-0.3, -0.25) is 9.38 Å². The highest BCUT2D eigenvalue weighted by molar-refractivity contribution is 5.73. The fraction of sp³-hybridized carbons (Fsp3) is 0.261. The Labute approximate surface area is 174 Å². The lowest BCUT2D eigenvalue weighted by atomic mass is 10.0. The maximum Gasteiger partial charge on any atom is 0.166 e. The molecule has 0 unspecified atom stereocenters. The summed E-state index contributed by atoms with van der Waals surface area (Å²) in [5.74, 6) is 0.992. The molecule has 0 aliphatic rings. The second-order valence-corrected chi connectivity index (χ2v) is 7.08. The summed E-state index contributed by atoms with van der Waals surface area (Å²) >= 11 is 0. The largest absolute Gasteiger partial charge is 0.452 e. The van der Waals surface area contributed by atoms with E-state index in [9.17, 15) is 4.39 Å². The van der Waals surface area contributed by atoms with Crippen LogP contribution in [0.1, 0.15) is 29.7 Å². The fourth-order valence-corrected chi connectivity index (χ4v) is 3.39. The maximum atomic E-state index is 14.8. The summed E-state index contributed by atoms with van der Waals surface area (Å²) in [4.78, 5) is 4.35. The lowest BCUT2D eigenvalue weighted by molar-refractivity contribution is 0.127. The molecule has 154 valence electrons. The molecule has 0 saturated heterocycles. The number of pyridine rings is 2. The monoisotopic (exact) mass is 406 g/mol. The first-order chi connectivity index (χ1) is 14.5. The normalized spacial score (nSPS) is 11.2. The van der Waals surface area contributed by atoms with Gasteiger partial charge in [-0.05, 0) is 69.2 Å². The van der Waals surface area contributed by atoms with Crippen LogP contribution in [-0.2, 0) is 11.3 Å². The molecule has 4 aromatic rings. The number of hydrogen-bond donors (Lipinski definition) is 0. The minimum Gasteiger partial charge on any atom is -0.452 e. The highest BCUT2D eigenvalue weighted by Gasteiger charge is 2.14.